The number of piperazine rings is 1. The number of nitro groups is 1. The molecule has 1 aliphatic rings. The molecule has 9 heteroatoms. The van der Waals surface area contributed by atoms with Crippen molar-refractivity contribution in [1.82, 2.24) is 9.88 Å². The number of ether oxygens (including phenoxy) is 1. The molecule has 2 heterocycles. The van der Waals surface area contributed by atoms with Crippen LogP contribution >= 0.6 is 0 Å². The van der Waals surface area contributed by atoms with Gasteiger partial charge in [0, 0.05) is 38.1 Å². The standard InChI is InChI=1S/C18H25N5O4/c1-21-7-9-22(10-8-21)18-17(23(25)26)16(19-6-12-27-13-11-24)14-4-2-3-5-15(14)20-18/h2-5,24H,6-13H2,1H3,(H,19,20). The molecule has 1 fully saturated rings. The van der Waals surface area contributed by atoms with Crippen LogP contribution < -0.4 is 10.2 Å². The first-order chi connectivity index (χ1) is 13.1. The zero-order valence-electron chi connectivity index (χ0n) is 15.4. The maximum absolute atomic E-state index is 12.0. The van der Waals surface area contributed by atoms with E-state index >= 15 is 0 Å². The van der Waals surface area contributed by atoms with Crippen LogP contribution in [-0.2, 0) is 4.74 Å². The fourth-order valence-corrected chi connectivity index (χ4v) is 3.19. The van der Waals surface area contributed by atoms with Crippen molar-refractivity contribution in [2.45, 2.75) is 0 Å². The van der Waals surface area contributed by atoms with E-state index in [1.54, 1.807) is 0 Å². The van der Waals surface area contributed by atoms with E-state index in [9.17, 15) is 10.1 Å². The first-order valence-electron chi connectivity index (χ1n) is 9.05. The summed E-state index contributed by atoms with van der Waals surface area (Å²) in [6.45, 7) is 4.00. The van der Waals surface area contributed by atoms with E-state index in [1.165, 1.54) is 0 Å². The van der Waals surface area contributed by atoms with Gasteiger partial charge < -0.3 is 25.0 Å². The van der Waals surface area contributed by atoms with Crippen molar-refractivity contribution in [2.24, 2.45) is 0 Å². The van der Waals surface area contributed by atoms with Crippen LogP contribution in [0, 0.1) is 10.1 Å². The van der Waals surface area contributed by atoms with Gasteiger partial charge in [0.1, 0.15) is 5.69 Å². The lowest BCUT2D eigenvalue weighted by Gasteiger charge is -2.33. The van der Waals surface area contributed by atoms with Gasteiger partial charge in [-0.25, -0.2) is 4.98 Å². The second kappa shape index (κ2) is 8.94. The molecule has 2 aromatic rings. The number of nitrogens with zero attached hydrogens (tertiary/aromatic N) is 4. The zero-order valence-corrected chi connectivity index (χ0v) is 15.4. The van der Waals surface area contributed by atoms with Crippen molar-refractivity contribution >= 4 is 28.1 Å². The predicted octanol–water partition coefficient (Wildman–Crippen LogP) is 1.32. The number of anilines is 2. The summed E-state index contributed by atoms with van der Waals surface area (Å²) in [7, 11) is 2.04. The number of aliphatic hydroxyl groups excluding tert-OH is 1. The molecule has 0 aliphatic carbocycles. The van der Waals surface area contributed by atoms with E-state index in [-0.39, 0.29) is 23.8 Å². The second-order valence-corrected chi connectivity index (χ2v) is 6.49. The number of para-hydroxylation sites is 1. The summed E-state index contributed by atoms with van der Waals surface area (Å²) in [5.74, 6) is 0.408. The Morgan fingerprint density at radius 1 is 1.26 bits per heavy atom. The van der Waals surface area contributed by atoms with Crippen molar-refractivity contribution in [2.75, 3.05) is 69.8 Å². The second-order valence-electron chi connectivity index (χ2n) is 6.49. The molecule has 0 amide bonds. The van der Waals surface area contributed by atoms with Gasteiger partial charge in [0.25, 0.3) is 0 Å². The third kappa shape index (κ3) is 4.44. The van der Waals surface area contributed by atoms with Crippen LogP contribution in [0.3, 0.4) is 0 Å². The van der Waals surface area contributed by atoms with Gasteiger partial charge in [-0.3, -0.25) is 10.1 Å². The number of aromatic nitrogens is 1. The maximum Gasteiger partial charge on any atom is 0.335 e. The van der Waals surface area contributed by atoms with Gasteiger partial charge in [0.15, 0.2) is 0 Å². The number of fused-ring (bicyclic) bond motifs is 1. The summed E-state index contributed by atoms with van der Waals surface area (Å²) in [4.78, 5) is 20.4. The lowest BCUT2D eigenvalue weighted by molar-refractivity contribution is -0.383. The van der Waals surface area contributed by atoms with E-state index < -0.39 is 0 Å². The lowest BCUT2D eigenvalue weighted by Crippen LogP contribution is -2.45. The van der Waals surface area contributed by atoms with Crippen LogP contribution in [0.4, 0.5) is 17.2 Å². The fourth-order valence-electron chi connectivity index (χ4n) is 3.19. The number of nitrogens with one attached hydrogen (secondary N) is 1. The van der Waals surface area contributed by atoms with Gasteiger partial charge in [-0.15, -0.1) is 0 Å². The quantitative estimate of drug-likeness (QED) is 0.404. The van der Waals surface area contributed by atoms with Crippen molar-refractivity contribution in [3.8, 4) is 0 Å². The molecule has 3 rings (SSSR count). The summed E-state index contributed by atoms with van der Waals surface area (Å²) in [5, 5.41) is 24.6. The minimum Gasteiger partial charge on any atom is -0.394 e. The Hall–Kier alpha value is -2.49. The van der Waals surface area contributed by atoms with Crippen LogP contribution in [0.15, 0.2) is 24.3 Å². The highest BCUT2D eigenvalue weighted by Crippen LogP contribution is 2.39. The average Bonchev–Trinajstić information content (AvgIpc) is 2.67. The van der Waals surface area contributed by atoms with Crippen LogP contribution in [-0.4, -0.2) is 79.5 Å². The largest absolute Gasteiger partial charge is 0.394 e. The predicted molar refractivity (Wildman–Crippen MR) is 105 cm³/mol. The maximum atomic E-state index is 12.0. The highest BCUT2D eigenvalue weighted by Gasteiger charge is 2.29. The normalized spacial score (nSPS) is 15.3. The first-order valence-corrected chi connectivity index (χ1v) is 9.05. The number of rotatable bonds is 8. The Balaban J connectivity index is 1.99. The number of hydrogen-bond acceptors (Lipinski definition) is 8. The zero-order chi connectivity index (χ0) is 19.2. The molecule has 1 aromatic carbocycles. The topological polar surface area (TPSA) is 104 Å². The molecule has 1 aromatic heterocycles. The lowest BCUT2D eigenvalue weighted by atomic mass is 10.1. The molecule has 27 heavy (non-hydrogen) atoms. The summed E-state index contributed by atoms with van der Waals surface area (Å²) >= 11 is 0. The van der Waals surface area contributed by atoms with Crippen molar-refractivity contribution < 1.29 is 14.8 Å². The molecule has 0 spiro atoms. The van der Waals surface area contributed by atoms with E-state index in [0.717, 1.165) is 18.6 Å². The molecule has 2 N–H and O–H groups in total. The minimum absolute atomic E-state index is 0.000381. The number of likely N-dealkylation sites (N-methyl/N-ethyl adjacent to an activating group) is 1. The Kier molecular flexibility index (Phi) is 6.38. The summed E-state index contributed by atoms with van der Waals surface area (Å²) < 4.78 is 5.26. The molecule has 0 saturated carbocycles. The van der Waals surface area contributed by atoms with Crippen LogP contribution in [0.25, 0.3) is 10.9 Å². The average molecular weight is 375 g/mol. The molecule has 0 unspecified atom stereocenters. The third-order valence-corrected chi connectivity index (χ3v) is 4.62. The molecule has 146 valence electrons. The van der Waals surface area contributed by atoms with Gasteiger partial charge in [-0.2, -0.15) is 0 Å². The van der Waals surface area contributed by atoms with Crippen molar-refractivity contribution in [3.05, 3.63) is 34.4 Å². The molecule has 0 bridgehead atoms. The van der Waals surface area contributed by atoms with Gasteiger partial charge >= 0.3 is 5.69 Å². The van der Waals surface area contributed by atoms with E-state index in [2.05, 4.69) is 15.2 Å². The molecule has 0 radical (unpaired) electrons. The smallest absolute Gasteiger partial charge is 0.335 e. The highest BCUT2D eigenvalue weighted by atomic mass is 16.6. The van der Waals surface area contributed by atoms with E-state index in [4.69, 9.17) is 9.84 Å². The van der Waals surface area contributed by atoms with Crippen LogP contribution in [0.1, 0.15) is 0 Å². The van der Waals surface area contributed by atoms with Crippen molar-refractivity contribution in [1.29, 1.82) is 0 Å². The SMILES string of the molecule is CN1CCN(c2nc3ccccc3c(NCCOCCO)c2[N+](=O)[O-])CC1. The Morgan fingerprint density at radius 3 is 2.70 bits per heavy atom. The Morgan fingerprint density at radius 2 is 2.00 bits per heavy atom. The van der Waals surface area contributed by atoms with Gasteiger partial charge in [0.2, 0.25) is 5.82 Å². The molecule has 9 nitrogen and oxygen atoms in total. The molecular weight excluding hydrogens is 350 g/mol. The highest BCUT2D eigenvalue weighted by molar-refractivity contribution is 5.99. The van der Waals surface area contributed by atoms with Crippen molar-refractivity contribution in [3.63, 3.8) is 0 Å². The first kappa shape index (κ1) is 19.3. The number of pyridine rings is 1. The van der Waals surface area contributed by atoms with Crippen LogP contribution in [0.5, 0.6) is 0 Å². The number of hydrogen-bond donors (Lipinski definition) is 2. The minimum atomic E-state index is -0.357. The molecule has 1 aliphatic heterocycles. The number of aliphatic hydroxyl groups is 1. The molecular formula is C18H25N5O4. The third-order valence-electron chi connectivity index (χ3n) is 4.62. The van der Waals surface area contributed by atoms with E-state index in [1.807, 2.05) is 36.2 Å². The van der Waals surface area contributed by atoms with E-state index in [0.29, 0.717) is 43.1 Å². The summed E-state index contributed by atoms with van der Waals surface area (Å²) in [6.07, 6.45) is 0. The van der Waals surface area contributed by atoms with Gasteiger partial charge in [-0.1, -0.05) is 18.2 Å². The number of benzene rings is 1. The summed E-state index contributed by atoms with van der Waals surface area (Å²) in [5.41, 5.74) is 1.18. The molecule has 1 saturated heterocycles. The van der Waals surface area contributed by atoms with Gasteiger partial charge in [0.05, 0.1) is 30.3 Å². The summed E-state index contributed by atoms with van der Waals surface area (Å²) in [6, 6.07) is 7.42. The monoisotopic (exact) mass is 375 g/mol. The van der Waals surface area contributed by atoms with Gasteiger partial charge in [-0.05, 0) is 13.1 Å². The molecule has 0 atom stereocenters. The Bertz CT molecular complexity index is 793. The fraction of sp³-hybridized carbons (Fsp3) is 0.500. The van der Waals surface area contributed by atoms with Crippen LogP contribution in [0.2, 0.25) is 0 Å². The Labute approximate surface area is 157 Å².